The lowest BCUT2D eigenvalue weighted by Gasteiger charge is -2.30. The van der Waals surface area contributed by atoms with Crippen molar-refractivity contribution in [1.82, 2.24) is 0 Å². The molecule has 1 aliphatic carbocycles. The van der Waals surface area contributed by atoms with E-state index in [1.165, 1.54) is 66.1 Å². The van der Waals surface area contributed by atoms with Crippen LogP contribution < -0.4 is 9.80 Å². The maximum Gasteiger partial charge on any atom is 0.159 e. The fraction of sp³-hybridized carbons (Fsp3) is 0.152. The van der Waals surface area contributed by atoms with Gasteiger partial charge in [-0.25, -0.2) is 0 Å². The highest BCUT2D eigenvalue weighted by atomic mass is 16.3. The molecular weight excluding hydrogens is 853 g/mol. The summed E-state index contributed by atoms with van der Waals surface area (Å²) in [5.41, 5.74) is 20.1. The third kappa shape index (κ3) is 6.57. The molecule has 0 unspecified atom stereocenters. The molecule has 2 heterocycles. The van der Waals surface area contributed by atoms with Crippen LogP contribution in [0.15, 0.2) is 191 Å². The molecule has 13 rings (SSSR count). The molecule has 10 aromatic carbocycles. The molecule has 0 aliphatic heterocycles. The second kappa shape index (κ2) is 15.2. The van der Waals surface area contributed by atoms with Gasteiger partial charge >= 0.3 is 0 Å². The van der Waals surface area contributed by atoms with Gasteiger partial charge in [0.25, 0.3) is 0 Å². The van der Waals surface area contributed by atoms with Gasteiger partial charge in [0.15, 0.2) is 11.2 Å². The van der Waals surface area contributed by atoms with Gasteiger partial charge < -0.3 is 18.6 Å². The van der Waals surface area contributed by atoms with Crippen LogP contribution >= 0.6 is 0 Å². The van der Waals surface area contributed by atoms with E-state index in [-0.39, 0.29) is 10.8 Å². The van der Waals surface area contributed by atoms with Crippen LogP contribution in [-0.2, 0) is 10.8 Å². The first kappa shape index (κ1) is 42.1. The van der Waals surface area contributed by atoms with Crippen molar-refractivity contribution in [2.45, 2.75) is 66.2 Å². The van der Waals surface area contributed by atoms with Crippen molar-refractivity contribution in [1.29, 1.82) is 0 Å². The first-order valence-electron chi connectivity index (χ1n) is 24.6. The lowest BCUT2D eigenvalue weighted by Crippen LogP contribution is -2.16. The molecule has 0 saturated heterocycles. The van der Waals surface area contributed by atoms with Crippen LogP contribution in [0, 0.1) is 13.8 Å². The van der Waals surface area contributed by atoms with Crippen molar-refractivity contribution in [3.63, 3.8) is 0 Å². The first-order chi connectivity index (χ1) is 33.8. The minimum absolute atomic E-state index is 0.0229. The smallest absolute Gasteiger partial charge is 0.159 e. The van der Waals surface area contributed by atoms with Crippen molar-refractivity contribution in [2.24, 2.45) is 0 Å². The molecule has 1 aliphatic rings. The molecule has 12 aromatic rings. The summed E-state index contributed by atoms with van der Waals surface area (Å²) in [7, 11) is 0. The number of furan rings is 2. The van der Waals surface area contributed by atoms with Gasteiger partial charge in [-0.1, -0.05) is 139 Å². The van der Waals surface area contributed by atoms with Gasteiger partial charge in [0, 0.05) is 44.3 Å². The zero-order valence-corrected chi connectivity index (χ0v) is 41.0. The molecular formula is C66H54N2O2. The van der Waals surface area contributed by atoms with Crippen LogP contribution in [0.1, 0.15) is 63.8 Å². The molecule has 0 saturated carbocycles. The van der Waals surface area contributed by atoms with E-state index in [9.17, 15) is 0 Å². The maximum absolute atomic E-state index is 6.72. The quantitative estimate of drug-likeness (QED) is 0.166. The molecule has 340 valence electrons. The lowest BCUT2D eigenvalue weighted by atomic mass is 9.78. The third-order valence-electron chi connectivity index (χ3n) is 14.9. The van der Waals surface area contributed by atoms with E-state index in [1.54, 1.807) is 0 Å². The molecule has 4 nitrogen and oxygen atoms in total. The number of anilines is 6. The van der Waals surface area contributed by atoms with Crippen molar-refractivity contribution in [3.05, 3.63) is 204 Å². The summed E-state index contributed by atoms with van der Waals surface area (Å²) in [4.78, 5) is 4.82. The zero-order chi connectivity index (χ0) is 47.8. The van der Waals surface area contributed by atoms with Gasteiger partial charge in [-0.15, -0.1) is 0 Å². The second-order valence-electron chi connectivity index (χ2n) is 21.5. The Morgan fingerprint density at radius 1 is 0.329 bits per heavy atom. The highest BCUT2D eigenvalue weighted by molar-refractivity contribution is 6.15. The Bertz CT molecular complexity index is 3850. The average Bonchev–Trinajstić information content (AvgIpc) is 3.93. The minimum Gasteiger partial charge on any atom is -0.454 e. The Hall–Kier alpha value is -8.08. The van der Waals surface area contributed by atoms with E-state index in [1.807, 2.05) is 12.1 Å². The van der Waals surface area contributed by atoms with E-state index >= 15 is 0 Å². The summed E-state index contributed by atoms with van der Waals surface area (Å²) in [6.07, 6.45) is 0. The van der Waals surface area contributed by atoms with E-state index in [2.05, 4.69) is 235 Å². The average molecular weight is 907 g/mol. The number of nitrogens with zero attached hydrogens (tertiary/aromatic N) is 2. The SMILES string of the molecule is Cc1ccc(C(C)(C)C)cc1N(c1ccc2cc3c(cc2c1)-c1cc2ccc(N(c4cc(C(C)(C)C)ccc4C)c4cccc5c4oc4ccccc45)cc2cc1-3)c1cccc2c1oc1ccccc12. The summed E-state index contributed by atoms with van der Waals surface area (Å²) in [6, 6.07) is 67.0. The Morgan fingerprint density at radius 3 is 1.13 bits per heavy atom. The van der Waals surface area contributed by atoms with Gasteiger partial charge in [0.05, 0.1) is 11.4 Å². The van der Waals surface area contributed by atoms with Crippen molar-refractivity contribution < 1.29 is 8.83 Å². The molecule has 70 heavy (non-hydrogen) atoms. The zero-order valence-electron chi connectivity index (χ0n) is 41.0. The molecule has 0 amide bonds. The molecule has 0 fully saturated rings. The first-order valence-corrected chi connectivity index (χ1v) is 24.6. The maximum atomic E-state index is 6.72. The van der Waals surface area contributed by atoms with Crippen LogP contribution in [0.2, 0.25) is 0 Å². The predicted octanol–water partition coefficient (Wildman–Crippen LogP) is 19.6. The molecule has 0 bridgehead atoms. The number of aryl methyl sites for hydroxylation is 2. The normalized spacial score (nSPS) is 12.6. The number of rotatable bonds is 6. The lowest BCUT2D eigenvalue weighted by molar-refractivity contribution is 0.590. The largest absolute Gasteiger partial charge is 0.454 e. The van der Waals surface area contributed by atoms with E-state index in [0.717, 1.165) is 78.0 Å². The van der Waals surface area contributed by atoms with Crippen molar-refractivity contribution in [3.8, 4) is 22.3 Å². The molecule has 0 N–H and O–H groups in total. The summed E-state index contributed by atoms with van der Waals surface area (Å²) in [5, 5.41) is 9.30. The summed E-state index contributed by atoms with van der Waals surface area (Å²) < 4.78 is 13.4. The highest BCUT2D eigenvalue weighted by Crippen LogP contribution is 2.53. The highest BCUT2D eigenvalue weighted by Gasteiger charge is 2.28. The fourth-order valence-electron chi connectivity index (χ4n) is 10.9. The van der Waals surface area contributed by atoms with E-state index in [0.29, 0.717) is 0 Å². The standard InChI is InChI=1S/C66H54N2O2/c1-39-23-27-45(65(3,4)5)37-59(39)67(57-19-13-17-51-49-15-9-11-21-61(49)69-63(51)57)47-29-25-41-33-53-55(35-43(41)31-47)54-34-42-26-30-48(32-44(42)36-56(53)54)68(60-38-46(66(6,7)8)28-24-40(60)2)58-20-14-18-52-50-16-10-12-22-62(50)70-64(52)58/h9-38H,1-8H3. The third-order valence-corrected chi connectivity index (χ3v) is 14.9. The Kier molecular flexibility index (Phi) is 9.14. The summed E-state index contributed by atoms with van der Waals surface area (Å²) in [6.45, 7) is 18.1. The van der Waals surface area contributed by atoms with Crippen LogP contribution in [-0.4, -0.2) is 0 Å². The van der Waals surface area contributed by atoms with Crippen molar-refractivity contribution >= 4 is 99.5 Å². The number of fused-ring (bicyclic) bond motifs is 12. The van der Waals surface area contributed by atoms with E-state index < -0.39 is 0 Å². The number of benzene rings is 10. The monoisotopic (exact) mass is 906 g/mol. The number of para-hydroxylation sites is 4. The van der Waals surface area contributed by atoms with Gasteiger partial charge in [-0.05, 0) is 176 Å². The predicted molar refractivity (Wildman–Crippen MR) is 297 cm³/mol. The fourth-order valence-corrected chi connectivity index (χ4v) is 10.9. The number of hydrogen-bond acceptors (Lipinski definition) is 4. The summed E-state index contributed by atoms with van der Waals surface area (Å²) in [5.74, 6) is 0. The van der Waals surface area contributed by atoms with Crippen LogP contribution in [0.3, 0.4) is 0 Å². The topological polar surface area (TPSA) is 32.8 Å². The van der Waals surface area contributed by atoms with Crippen LogP contribution in [0.5, 0.6) is 0 Å². The Balaban J connectivity index is 0.935. The Labute approximate surface area is 409 Å². The molecule has 0 atom stereocenters. The molecule has 2 aromatic heterocycles. The number of hydrogen-bond donors (Lipinski definition) is 0. The van der Waals surface area contributed by atoms with E-state index in [4.69, 9.17) is 8.83 Å². The van der Waals surface area contributed by atoms with Gasteiger partial charge in [-0.3, -0.25) is 0 Å². The van der Waals surface area contributed by atoms with Crippen LogP contribution in [0.4, 0.5) is 34.1 Å². The van der Waals surface area contributed by atoms with Gasteiger partial charge in [-0.2, -0.15) is 0 Å². The summed E-state index contributed by atoms with van der Waals surface area (Å²) >= 11 is 0. The Morgan fingerprint density at radius 2 is 0.714 bits per heavy atom. The van der Waals surface area contributed by atoms with Crippen molar-refractivity contribution in [2.75, 3.05) is 9.80 Å². The molecule has 0 spiro atoms. The minimum atomic E-state index is -0.0229. The molecule has 4 heteroatoms. The van der Waals surface area contributed by atoms with Crippen LogP contribution in [0.25, 0.3) is 87.7 Å². The van der Waals surface area contributed by atoms with Gasteiger partial charge in [0.2, 0.25) is 0 Å². The molecule has 0 radical (unpaired) electrons. The van der Waals surface area contributed by atoms with Gasteiger partial charge in [0.1, 0.15) is 11.2 Å². The second-order valence-corrected chi connectivity index (χ2v) is 21.5.